The first-order valence-corrected chi connectivity index (χ1v) is 12.0. The van der Waals surface area contributed by atoms with Gasteiger partial charge >= 0.3 is 0 Å². The first kappa shape index (κ1) is 22.3. The quantitative estimate of drug-likeness (QED) is 0.528. The highest BCUT2D eigenvalue weighted by Gasteiger charge is 2.37. The molecule has 1 spiro atoms. The maximum Gasteiger partial charge on any atom is 0.234 e. The Bertz CT molecular complexity index is 1030. The van der Waals surface area contributed by atoms with Crippen LogP contribution in [0.2, 0.25) is 10.0 Å². The van der Waals surface area contributed by atoms with Crippen LogP contribution in [0.3, 0.4) is 0 Å². The lowest BCUT2D eigenvalue weighted by Gasteiger charge is -2.20. The summed E-state index contributed by atoms with van der Waals surface area (Å²) in [6, 6.07) is 11.0. The number of hydrogen-bond acceptors (Lipinski definition) is 4. The fourth-order valence-electron chi connectivity index (χ4n) is 3.86. The van der Waals surface area contributed by atoms with Crippen molar-refractivity contribution in [3.63, 3.8) is 0 Å². The summed E-state index contributed by atoms with van der Waals surface area (Å²) < 4.78 is 13.1. The molecule has 0 atom stereocenters. The van der Waals surface area contributed by atoms with E-state index < -0.39 is 5.66 Å². The van der Waals surface area contributed by atoms with Gasteiger partial charge in [-0.25, -0.2) is 9.38 Å². The number of nitrogens with zero attached hydrogens (tertiary/aromatic N) is 2. The Hall–Kier alpha value is -1.89. The molecule has 8 heteroatoms. The highest BCUT2D eigenvalue weighted by Crippen LogP contribution is 2.39. The van der Waals surface area contributed by atoms with Gasteiger partial charge in [0.05, 0.1) is 10.8 Å². The number of amides is 1. The van der Waals surface area contributed by atoms with Crippen molar-refractivity contribution in [2.45, 2.75) is 44.2 Å². The van der Waals surface area contributed by atoms with Gasteiger partial charge in [-0.3, -0.25) is 9.79 Å². The fraction of sp³-hybridized carbons (Fsp3) is 0.348. The third-order valence-electron chi connectivity index (χ3n) is 5.39. The number of carbonyl (C=O) groups is 1. The van der Waals surface area contributed by atoms with Gasteiger partial charge in [0.25, 0.3) is 0 Å². The molecule has 0 radical (unpaired) electrons. The number of benzene rings is 2. The van der Waals surface area contributed by atoms with Crippen LogP contribution in [0.5, 0.6) is 0 Å². The molecule has 1 aliphatic carbocycles. The van der Waals surface area contributed by atoms with E-state index in [-0.39, 0.29) is 17.5 Å². The molecule has 0 bridgehead atoms. The highest BCUT2D eigenvalue weighted by atomic mass is 35.5. The minimum absolute atomic E-state index is 0.163. The molecule has 1 aliphatic heterocycles. The summed E-state index contributed by atoms with van der Waals surface area (Å²) in [5.41, 5.74) is 1.58. The second-order valence-corrected chi connectivity index (χ2v) is 9.55. The Morgan fingerprint density at radius 2 is 1.74 bits per heavy atom. The van der Waals surface area contributed by atoms with Crippen molar-refractivity contribution in [3.05, 3.63) is 63.9 Å². The lowest BCUT2D eigenvalue weighted by atomic mass is 10.0. The molecule has 1 heterocycles. The molecule has 1 amide bonds. The predicted octanol–water partition coefficient (Wildman–Crippen LogP) is 6.76. The third kappa shape index (κ3) is 5.48. The number of nitrogens with one attached hydrogen (secondary N) is 1. The Morgan fingerprint density at radius 1 is 1.03 bits per heavy atom. The number of carbonyl (C=O) groups excluding carboxylic acids is 1. The average Bonchev–Trinajstić information content (AvgIpc) is 2.92. The first-order chi connectivity index (χ1) is 14.9. The van der Waals surface area contributed by atoms with E-state index in [0.717, 1.165) is 42.0 Å². The summed E-state index contributed by atoms with van der Waals surface area (Å²) in [5, 5.41) is 4.58. The largest absolute Gasteiger partial charge is 0.325 e. The Kier molecular flexibility index (Phi) is 6.99. The van der Waals surface area contributed by atoms with Crippen LogP contribution in [0.1, 0.15) is 44.1 Å². The van der Waals surface area contributed by atoms with Crippen LogP contribution >= 0.6 is 35.0 Å². The zero-order valence-electron chi connectivity index (χ0n) is 16.8. The SMILES string of the molecule is O=C(CSC1=NC2(CCCCCC2)N=C1c1ccc(Cl)cc1Cl)Nc1ccc(F)cc1. The van der Waals surface area contributed by atoms with E-state index in [1.165, 1.54) is 48.9 Å². The second-order valence-electron chi connectivity index (χ2n) is 7.74. The van der Waals surface area contributed by atoms with Crippen molar-refractivity contribution in [2.75, 3.05) is 11.1 Å². The maximum atomic E-state index is 13.1. The van der Waals surface area contributed by atoms with Crippen LogP contribution < -0.4 is 5.32 Å². The van der Waals surface area contributed by atoms with Crippen LogP contribution in [0.4, 0.5) is 10.1 Å². The van der Waals surface area contributed by atoms with Gasteiger partial charge in [-0.05, 0) is 68.1 Å². The van der Waals surface area contributed by atoms with Gasteiger partial charge in [0.2, 0.25) is 5.91 Å². The van der Waals surface area contributed by atoms with E-state index in [2.05, 4.69) is 5.32 Å². The molecule has 2 aromatic carbocycles. The van der Waals surface area contributed by atoms with Gasteiger partial charge in [-0.15, -0.1) is 0 Å². The second kappa shape index (κ2) is 9.72. The van der Waals surface area contributed by atoms with Gasteiger partial charge in [0, 0.05) is 16.3 Å². The summed E-state index contributed by atoms with van der Waals surface area (Å²) >= 11 is 13.9. The molecule has 4 rings (SSSR count). The molecule has 1 saturated carbocycles. The monoisotopic (exact) mass is 477 g/mol. The van der Waals surface area contributed by atoms with Gasteiger partial charge in [0.1, 0.15) is 16.6 Å². The molecule has 2 aliphatic rings. The van der Waals surface area contributed by atoms with Crippen LogP contribution in [-0.4, -0.2) is 28.1 Å². The summed E-state index contributed by atoms with van der Waals surface area (Å²) in [6.45, 7) is 0. The van der Waals surface area contributed by atoms with E-state index >= 15 is 0 Å². The molecule has 0 saturated heterocycles. The van der Waals surface area contributed by atoms with Crippen LogP contribution in [0.15, 0.2) is 52.4 Å². The first-order valence-electron chi connectivity index (χ1n) is 10.3. The van der Waals surface area contributed by atoms with Crippen molar-refractivity contribution in [1.82, 2.24) is 0 Å². The number of rotatable bonds is 4. The molecule has 162 valence electrons. The van der Waals surface area contributed by atoms with E-state index in [1.54, 1.807) is 12.1 Å². The van der Waals surface area contributed by atoms with E-state index in [1.807, 2.05) is 6.07 Å². The van der Waals surface area contributed by atoms with Crippen molar-refractivity contribution in [3.8, 4) is 0 Å². The van der Waals surface area contributed by atoms with E-state index in [9.17, 15) is 9.18 Å². The minimum Gasteiger partial charge on any atom is -0.325 e. The van der Waals surface area contributed by atoms with E-state index in [0.29, 0.717) is 15.7 Å². The standard InChI is InChI=1S/C23H22Cl2FN3OS/c24-15-5-10-18(19(25)13-15)21-22(29-23(28-21)11-3-1-2-4-12-23)31-14-20(30)27-17-8-6-16(26)7-9-17/h5-10,13H,1-4,11-12,14H2,(H,27,30). The minimum atomic E-state index is -0.468. The fourth-order valence-corrected chi connectivity index (χ4v) is 5.23. The van der Waals surface area contributed by atoms with Crippen molar-refractivity contribution in [1.29, 1.82) is 0 Å². The summed E-state index contributed by atoms with van der Waals surface area (Å²) in [7, 11) is 0. The topological polar surface area (TPSA) is 53.8 Å². The molecule has 4 nitrogen and oxygen atoms in total. The predicted molar refractivity (Wildman–Crippen MR) is 128 cm³/mol. The van der Waals surface area contributed by atoms with Crippen molar-refractivity contribution >= 4 is 57.3 Å². The number of anilines is 1. The van der Waals surface area contributed by atoms with Crippen molar-refractivity contribution < 1.29 is 9.18 Å². The highest BCUT2D eigenvalue weighted by molar-refractivity contribution is 8.16. The molecule has 1 fully saturated rings. The molecule has 1 N–H and O–H groups in total. The summed E-state index contributed by atoms with van der Waals surface area (Å²) in [5.74, 6) is -0.374. The smallest absolute Gasteiger partial charge is 0.234 e. The van der Waals surface area contributed by atoms with Crippen LogP contribution in [-0.2, 0) is 4.79 Å². The summed E-state index contributed by atoms with van der Waals surface area (Å²) in [6.07, 6.45) is 6.33. The Labute approximate surface area is 195 Å². The lowest BCUT2D eigenvalue weighted by Crippen LogP contribution is -2.20. The van der Waals surface area contributed by atoms with Crippen molar-refractivity contribution in [2.24, 2.45) is 9.98 Å². The average molecular weight is 478 g/mol. The number of thioether (sulfide) groups is 1. The number of aliphatic imine (C=N–C) groups is 2. The molecule has 2 aromatic rings. The van der Waals surface area contributed by atoms with Crippen LogP contribution in [0.25, 0.3) is 0 Å². The molecule has 0 aromatic heterocycles. The zero-order chi connectivity index (χ0) is 21.8. The molecular formula is C23H22Cl2FN3OS. The van der Waals surface area contributed by atoms with Gasteiger partial charge in [-0.2, -0.15) is 0 Å². The zero-order valence-corrected chi connectivity index (χ0v) is 19.2. The molecule has 0 unspecified atom stereocenters. The lowest BCUT2D eigenvalue weighted by molar-refractivity contribution is -0.113. The molecule has 31 heavy (non-hydrogen) atoms. The van der Waals surface area contributed by atoms with E-state index in [4.69, 9.17) is 33.2 Å². The van der Waals surface area contributed by atoms with Gasteiger partial charge in [-0.1, -0.05) is 47.8 Å². The Morgan fingerprint density at radius 3 is 2.42 bits per heavy atom. The normalized spacial score (nSPS) is 17.8. The maximum absolute atomic E-state index is 13.1. The number of hydrogen-bond donors (Lipinski definition) is 1. The Balaban J connectivity index is 1.54. The summed E-state index contributed by atoms with van der Waals surface area (Å²) in [4.78, 5) is 22.5. The third-order valence-corrected chi connectivity index (χ3v) is 6.90. The number of halogens is 3. The van der Waals surface area contributed by atoms with Gasteiger partial charge in [0.15, 0.2) is 5.66 Å². The van der Waals surface area contributed by atoms with Crippen LogP contribution in [0, 0.1) is 5.82 Å². The van der Waals surface area contributed by atoms with Gasteiger partial charge < -0.3 is 5.32 Å². The molecular weight excluding hydrogens is 456 g/mol.